The summed E-state index contributed by atoms with van der Waals surface area (Å²) in [6.07, 6.45) is 1.43. The second kappa shape index (κ2) is 8.33. The topological polar surface area (TPSA) is 114 Å². The molecule has 1 aromatic carbocycles. The lowest BCUT2D eigenvalue weighted by atomic mass is 10.1. The third-order valence-corrected chi connectivity index (χ3v) is 4.77. The summed E-state index contributed by atoms with van der Waals surface area (Å²) in [4.78, 5) is 24.1. The van der Waals surface area contributed by atoms with E-state index >= 15 is 0 Å². The van der Waals surface area contributed by atoms with Crippen LogP contribution in [-0.2, 0) is 13.6 Å². The molecular weight excluding hydrogens is 366 g/mol. The quantitative estimate of drug-likeness (QED) is 0.493. The van der Waals surface area contributed by atoms with Crippen LogP contribution in [0.2, 0.25) is 0 Å². The molecule has 0 radical (unpaired) electrons. The molecule has 0 bridgehead atoms. The number of hydrogen-bond donors (Lipinski definition) is 1. The van der Waals surface area contributed by atoms with Crippen LogP contribution in [0.25, 0.3) is 0 Å². The van der Waals surface area contributed by atoms with E-state index in [1.807, 2.05) is 6.07 Å². The monoisotopic (exact) mass is 381 g/mol. The van der Waals surface area contributed by atoms with Gasteiger partial charge in [-0.05, 0) is 24.3 Å². The molecule has 0 aliphatic heterocycles. The van der Waals surface area contributed by atoms with E-state index in [9.17, 15) is 9.59 Å². The fourth-order valence-corrected chi connectivity index (χ4v) is 3.05. The van der Waals surface area contributed by atoms with Gasteiger partial charge in [-0.1, -0.05) is 23.9 Å². The molecule has 27 heavy (non-hydrogen) atoms. The lowest BCUT2D eigenvalue weighted by Crippen LogP contribution is -2.24. The van der Waals surface area contributed by atoms with Crippen molar-refractivity contribution in [1.82, 2.24) is 20.1 Å². The summed E-state index contributed by atoms with van der Waals surface area (Å²) < 4.78 is 6.75. The first-order valence-corrected chi connectivity index (χ1v) is 8.93. The van der Waals surface area contributed by atoms with E-state index in [0.717, 1.165) is 0 Å². The van der Waals surface area contributed by atoms with Crippen molar-refractivity contribution in [1.29, 1.82) is 5.26 Å². The molecule has 2 heterocycles. The number of carbonyl (C=O) groups excluding carboxylic acids is 2. The molecule has 0 aliphatic carbocycles. The number of ketones is 1. The predicted octanol–water partition coefficient (Wildman–Crippen LogP) is 2.18. The minimum absolute atomic E-state index is 0.0693. The highest BCUT2D eigenvalue weighted by Gasteiger charge is 2.14. The summed E-state index contributed by atoms with van der Waals surface area (Å²) in [5.74, 6) is 0.563. The average molecular weight is 381 g/mol. The van der Waals surface area contributed by atoms with Gasteiger partial charge >= 0.3 is 0 Å². The Morgan fingerprint density at radius 2 is 2.04 bits per heavy atom. The van der Waals surface area contributed by atoms with E-state index in [-0.39, 0.29) is 29.7 Å². The summed E-state index contributed by atoms with van der Waals surface area (Å²) in [5.41, 5.74) is 1.04. The number of hydrogen-bond acceptors (Lipinski definition) is 7. The van der Waals surface area contributed by atoms with Crippen LogP contribution in [0.15, 0.2) is 52.2 Å². The first-order chi connectivity index (χ1) is 13.1. The Labute approximate surface area is 159 Å². The highest BCUT2D eigenvalue weighted by Crippen LogP contribution is 2.18. The van der Waals surface area contributed by atoms with E-state index in [1.165, 1.54) is 18.0 Å². The number of thioether (sulfide) groups is 1. The zero-order valence-electron chi connectivity index (χ0n) is 14.4. The standard InChI is InChI=1S/C18H15N5O3S/c1-23-16(10-20-17(25)15-3-2-8-26-15)21-22-18(23)27-11-14(24)13-6-4-12(9-19)5-7-13/h2-8H,10-11H2,1H3,(H,20,25). The van der Waals surface area contributed by atoms with Crippen LogP contribution in [0.5, 0.6) is 0 Å². The molecule has 1 amide bonds. The van der Waals surface area contributed by atoms with Crippen molar-refractivity contribution in [3.05, 3.63) is 65.4 Å². The molecule has 0 aliphatic rings. The van der Waals surface area contributed by atoms with Crippen molar-refractivity contribution >= 4 is 23.5 Å². The molecule has 3 aromatic rings. The van der Waals surface area contributed by atoms with Gasteiger partial charge < -0.3 is 14.3 Å². The molecule has 0 atom stereocenters. The molecule has 0 unspecified atom stereocenters. The zero-order chi connectivity index (χ0) is 19.2. The van der Waals surface area contributed by atoms with Crippen molar-refractivity contribution in [3.8, 4) is 6.07 Å². The van der Waals surface area contributed by atoms with E-state index in [4.69, 9.17) is 9.68 Å². The van der Waals surface area contributed by atoms with E-state index in [1.54, 1.807) is 48.0 Å². The number of amides is 1. The summed E-state index contributed by atoms with van der Waals surface area (Å²) in [7, 11) is 1.77. The average Bonchev–Trinajstić information content (AvgIpc) is 3.35. The first kappa shape index (κ1) is 18.4. The Morgan fingerprint density at radius 1 is 1.26 bits per heavy atom. The van der Waals surface area contributed by atoms with Crippen molar-refractivity contribution in [2.24, 2.45) is 7.05 Å². The van der Waals surface area contributed by atoms with Crippen LogP contribution < -0.4 is 5.32 Å². The Kier molecular flexibility index (Phi) is 5.68. The van der Waals surface area contributed by atoms with Gasteiger partial charge in [-0.3, -0.25) is 9.59 Å². The van der Waals surface area contributed by atoms with Gasteiger partial charge in [0.05, 0.1) is 30.2 Å². The number of nitriles is 1. The van der Waals surface area contributed by atoms with E-state index in [0.29, 0.717) is 22.1 Å². The third-order valence-electron chi connectivity index (χ3n) is 3.75. The first-order valence-electron chi connectivity index (χ1n) is 7.94. The molecule has 1 N–H and O–H groups in total. The fourth-order valence-electron chi connectivity index (χ4n) is 2.22. The lowest BCUT2D eigenvalue weighted by Gasteiger charge is -2.05. The molecule has 0 saturated carbocycles. The van der Waals surface area contributed by atoms with E-state index < -0.39 is 0 Å². The van der Waals surface area contributed by atoms with Crippen molar-refractivity contribution in [2.45, 2.75) is 11.7 Å². The second-order valence-corrected chi connectivity index (χ2v) is 6.46. The summed E-state index contributed by atoms with van der Waals surface area (Å²) in [6, 6.07) is 11.7. The normalized spacial score (nSPS) is 10.4. The van der Waals surface area contributed by atoms with E-state index in [2.05, 4.69) is 15.5 Å². The van der Waals surface area contributed by atoms with Crippen LogP contribution in [0.4, 0.5) is 0 Å². The van der Waals surface area contributed by atoms with Gasteiger partial charge in [-0.2, -0.15) is 5.26 Å². The van der Waals surface area contributed by atoms with Gasteiger partial charge in [0, 0.05) is 12.6 Å². The Balaban J connectivity index is 1.56. The summed E-state index contributed by atoms with van der Waals surface area (Å²) >= 11 is 1.26. The third kappa shape index (κ3) is 4.43. The molecule has 0 spiro atoms. The van der Waals surface area contributed by atoms with Gasteiger partial charge in [0.25, 0.3) is 5.91 Å². The number of nitrogens with one attached hydrogen (secondary N) is 1. The molecule has 8 nitrogen and oxygen atoms in total. The smallest absolute Gasteiger partial charge is 0.287 e. The molecule has 3 rings (SSSR count). The van der Waals surface area contributed by atoms with Crippen LogP contribution in [-0.4, -0.2) is 32.2 Å². The van der Waals surface area contributed by atoms with Crippen molar-refractivity contribution < 1.29 is 14.0 Å². The number of rotatable bonds is 7. The molecule has 9 heteroatoms. The number of aromatic nitrogens is 3. The largest absolute Gasteiger partial charge is 0.459 e. The number of benzene rings is 1. The van der Waals surface area contributed by atoms with Gasteiger partial charge in [-0.15, -0.1) is 10.2 Å². The summed E-state index contributed by atoms with van der Waals surface area (Å²) in [5, 5.41) is 20.2. The zero-order valence-corrected chi connectivity index (χ0v) is 15.2. The van der Waals surface area contributed by atoms with Gasteiger partial charge in [0.1, 0.15) is 0 Å². The lowest BCUT2D eigenvalue weighted by molar-refractivity contribution is 0.0921. The molecular formula is C18H15N5O3S. The number of Topliss-reactive ketones (excluding diaryl/α,β-unsaturated/α-hetero) is 1. The highest BCUT2D eigenvalue weighted by molar-refractivity contribution is 7.99. The Bertz CT molecular complexity index is 987. The van der Waals surface area contributed by atoms with Crippen molar-refractivity contribution in [3.63, 3.8) is 0 Å². The van der Waals surface area contributed by atoms with Crippen LogP contribution in [0.1, 0.15) is 32.3 Å². The van der Waals surface area contributed by atoms with Crippen LogP contribution >= 0.6 is 11.8 Å². The molecule has 2 aromatic heterocycles. The van der Waals surface area contributed by atoms with Gasteiger partial charge in [0.2, 0.25) is 0 Å². The fraction of sp³-hybridized carbons (Fsp3) is 0.167. The minimum Gasteiger partial charge on any atom is -0.459 e. The predicted molar refractivity (Wildman–Crippen MR) is 97.1 cm³/mol. The van der Waals surface area contributed by atoms with Gasteiger partial charge in [0.15, 0.2) is 22.5 Å². The van der Waals surface area contributed by atoms with Crippen LogP contribution in [0.3, 0.4) is 0 Å². The number of carbonyl (C=O) groups is 2. The number of furan rings is 1. The van der Waals surface area contributed by atoms with Crippen molar-refractivity contribution in [2.75, 3.05) is 5.75 Å². The maximum absolute atomic E-state index is 12.3. The second-order valence-electron chi connectivity index (χ2n) is 5.52. The minimum atomic E-state index is -0.340. The summed E-state index contributed by atoms with van der Waals surface area (Å²) in [6.45, 7) is 0.188. The highest BCUT2D eigenvalue weighted by atomic mass is 32.2. The van der Waals surface area contributed by atoms with Gasteiger partial charge in [-0.25, -0.2) is 0 Å². The maximum Gasteiger partial charge on any atom is 0.287 e. The SMILES string of the molecule is Cn1c(CNC(=O)c2ccco2)nnc1SCC(=O)c1ccc(C#N)cc1. The maximum atomic E-state index is 12.3. The molecule has 0 saturated heterocycles. The molecule has 0 fully saturated rings. The Morgan fingerprint density at radius 3 is 2.70 bits per heavy atom. The number of nitrogens with zero attached hydrogens (tertiary/aromatic N) is 4. The molecule has 136 valence electrons. The Hall–Kier alpha value is -3.38. The van der Waals surface area contributed by atoms with Crippen LogP contribution in [0, 0.1) is 11.3 Å².